The van der Waals surface area contributed by atoms with Crippen molar-refractivity contribution in [1.29, 1.82) is 0 Å². The number of benzene rings is 1. The molecule has 0 saturated carbocycles. The number of H-pyrrole nitrogens is 1. The topological polar surface area (TPSA) is 114 Å². The number of hydrogen-bond acceptors (Lipinski definition) is 4. The number of rotatable bonds is 7. The van der Waals surface area contributed by atoms with E-state index in [-0.39, 0.29) is 63.0 Å². The Balaban J connectivity index is 0.00000288. The Labute approximate surface area is 169 Å². The van der Waals surface area contributed by atoms with E-state index in [9.17, 15) is 19.5 Å². The number of carbonyl (C=O) groups excluding carboxylic acids is 3. The van der Waals surface area contributed by atoms with Gasteiger partial charge in [0.15, 0.2) is 0 Å². The number of carbonyl (C=O) groups is 3. The van der Waals surface area contributed by atoms with E-state index in [4.69, 9.17) is 0 Å². The molecule has 0 unspecified atom stereocenters. The predicted octanol–water partition coefficient (Wildman–Crippen LogP) is -0.909. The van der Waals surface area contributed by atoms with Crippen molar-refractivity contribution in [3.8, 4) is 0 Å². The molecule has 2 aromatic rings. The smallest absolute Gasteiger partial charge is 0.548 e. The molecule has 0 bridgehead atoms. The van der Waals surface area contributed by atoms with Crippen molar-refractivity contribution in [2.45, 2.75) is 25.8 Å². The molecule has 1 heterocycles. The van der Waals surface area contributed by atoms with Crippen molar-refractivity contribution < 1.29 is 19.5 Å². The van der Waals surface area contributed by atoms with Crippen LogP contribution in [0.1, 0.15) is 18.9 Å². The number of carboxylic acids is 1. The zero-order chi connectivity index (χ0) is 16.8. The number of hydrogen-bond donors (Lipinski definition) is 3. The molecule has 8 heteroatoms. The fourth-order valence-corrected chi connectivity index (χ4v) is 2.26. The van der Waals surface area contributed by atoms with Gasteiger partial charge in [-0.2, -0.15) is 0 Å². The summed E-state index contributed by atoms with van der Waals surface area (Å²) in [5.74, 6) is -2.21. The quantitative estimate of drug-likeness (QED) is 0.557. The molecule has 0 saturated heterocycles. The van der Waals surface area contributed by atoms with Crippen LogP contribution >= 0.6 is 0 Å². The fraction of sp³-hybridized carbons (Fsp3) is 0.312. The van der Waals surface area contributed by atoms with Gasteiger partial charge in [0.2, 0.25) is 11.8 Å². The molecule has 122 valence electrons. The summed E-state index contributed by atoms with van der Waals surface area (Å²) in [6, 6.07) is 6.31. The first-order chi connectivity index (χ1) is 11.0. The third-order valence-corrected chi connectivity index (χ3v) is 3.49. The average molecular weight is 356 g/mol. The van der Waals surface area contributed by atoms with E-state index in [0.717, 1.165) is 16.5 Å². The van der Waals surface area contributed by atoms with Crippen molar-refractivity contribution in [3.05, 3.63) is 36.0 Å². The molecule has 1 aromatic carbocycles. The van der Waals surface area contributed by atoms with E-state index >= 15 is 0 Å². The summed E-state index contributed by atoms with van der Waals surface area (Å²) >= 11 is 0. The van der Waals surface area contributed by atoms with Crippen LogP contribution in [0.25, 0.3) is 10.9 Å². The van der Waals surface area contributed by atoms with Crippen LogP contribution in [0.3, 0.4) is 0 Å². The van der Waals surface area contributed by atoms with Gasteiger partial charge in [0.1, 0.15) is 0 Å². The molecular weight excluding hydrogens is 338 g/mol. The Morgan fingerprint density at radius 2 is 1.92 bits per heavy atom. The number of amides is 2. The number of carboxylic acid groups (broad SMARTS) is 1. The Bertz CT molecular complexity index is 729. The zero-order valence-corrected chi connectivity index (χ0v) is 15.6. The number of aliphatic carboxylic acids is 1. The number of fused-ring (bicyclic) bond motifs is 1. The molecule has 3 N–H and O–H groups in total. The SMILES string of the molecule is CCC(=O)NCC(=O)N[C@@H](Cc1c[nH]c2ccccc12)C(=O)[O-].[Ca+2]. The number of nitrogens with one attached hydrogen (secondary N) is 3. The van der Waals surface area contributed by atoms with Crippen molar-refractivity contribution in [2.24, 2.45) is 0 Å². The summed E-state index contributed by atoms with van der Waals surface area (Å²) in [7, 11) is 0. The standard InChI is InChI=1S/C16H19N3O4.Ca/c1-2-14(20)18-9-15(21)19-13(16(22)23)7-10-8-17-12-6-4-3-5-11(10)12;/h3-6,8,13,17H,2,7,9H2,1H3,(H,18,20)(H,19,21)(H,22,23);/q;+2/p-1/t13-;/m0./s1. The number of para-hydroxylation sites is 1. The zero-order valence-electron chi connectivity index (χ0n) is 13.4. The predicted molar refractivity (Wildman–Crippen MR) is 88.0 cm³/mol. The van der Waals surface area contributed by atoms with E-state index in [1.807, 2.05) is 24.3 Å². The molecule has 0 radical (unpaired) electrons. The minimum atomic E-state index is -1.37. The molecule has 0 spiro atoms. The van der Waals surface area contributed by atoms with Crippen molar-refractivity contribution in [1.82, 2.24) is 15.6 Å². The molecule has 0 aliphatic rings. The summed E-state index contributed by atoms with van der Waals surface area (Å²) in [4.78, 5) is 37.2. The van der Waals surface area contributed by atoms with Crippen LogP contribution in [-0.2, 0) is 20.8 Å². The first kappa shape index (κ1) is 20.5. The fourth-order valence-electron chi connectivity index (χ4n) is 2.26. The molecule has 0 aliphatic carbocycles. The Morgan fingerprint density at radius 3 is 2.58 bits per heavy atom. The van der Waals surface area contributed by atoms with Crippen LogP contribution in [0.2, 0.25) is 0 Å². The molecule has 0 aliphatic heterocycles. The van der Waals surface area contributed by atoms with Crippen LogP contribution in [0.4, 0.5) is 0 Å². The van der Waals surface area contributed by atoms with Gasteiger partial charge in [0.25, 0.3) is 0 Å². The maximum absolute atomic E-state index is 11.7. The molecule has 7 nitrogen and oxygen atoms in total. The molecular formula is C16H18CaN3O4+. The first-order valence-corrected chi connectivity index (χ1v) is 7.33. The summed E-state index contributed by atoms with van der Waals surface area (Å²) in [5, 5.41) is 16.9. The Hall–Kier alpha value is -1.57. The van der Waals surface area contributed by atoms with Gasteiger partial charge >= 0.3 is 37.7 Å². The van der Waals surface area contributed by atoms with Gasteiger partial charge in [-0.1, -0.05) is 25.1 Å². The number of aromatic amines is 1. The largest absolute Gasteiger partial charge is 2.00 e. The summed E-state index contributed by atoms with van der Waals surface area (Å²) in [6.45, 7) is 1.40. The summed E-state index contributed by atoms with van der Waals surface area (Å²) in [5.41, 5.74) is 1.66. The molecule has 2 amide bonds. The molecule has 0 fully saturated rings. The maximum atomic E-state index is 11.7. The Kier molecular flexibility index (Phi) is 8.24. The van der Waals surface area contributed by atoms with Gasteiger partial charge in [-0.25, -0.2) is 0 Å². The van der Waals surface area contributed by atoms with E-state index < -0.39 is 17.9 Å². The minimum absolute atomic E-state index is 0. The summed E-state index contributed by atoms with van der Waals surface area (Å²) in [6.07, 6.45) is 2.07. The average Bonchev–Trinajstić information content (AvgIpc) is 2.95. The van der Waals surface area contributed by atoms with Crippen LogP contribution in [0.5, 0.6) is 0 Å². The van der Waals surface area contributed by atoms with Crippen molar-refractivity contribution >= 4 is 66.4 Å². The molecule has 1 atom stereocenters. The molecule has 1 aromatic heterocycles. The van der Waals surface area contributed by atoms with Crippen LogP contribution in [0.15, 0.2) is 30.5 Å². The Morgan fingerprint density at radius 1 is 1.21 bits per heavy atom. The second-order valence-electron chi connectivity index (χ2n) is 5.13. The van der Waals surface area contributed by atoms with Gasteiger partial charge in [-0.15, -0.1) is 0 Å². The van der Waals surface area contributed by atoms with E-state index in [0.29, 0.717) is 0 Å². The minimum Gasteiger partial charge on any atom is -0.548 e. The monoisotopic (exact) mass is 356 g/mol. The number of aromatic nitrogens is 1. The van der Waals surface area contributed by atoms with Gasteiger partial charge in [0, 0.05) is 29.9 Å². The third kappa shape index (κ3) is 5.51. The van der Waals surface area contributed by atoms with Crippen molar-refractivity contribution in [3.63, 3.8) is 0 Å². The van der Waals surface area contributed by atoms with Gasteiger partial charge in [-0.3, -0.25) is 9.59 Å². The van der Waals surface area contributed by atoms with Gasteiger partial charge < -0.3 is 25.5 Å². The van der Waals surface area contributed by atoms with Crippen LogP contribution in [-0.4, -0.2) is 73.1 Å². The van der Waals surface area contributed by atoms with E-state index in [1.54, 1.807) is 13.1 Å². The van der Waals surface area contributed by atoms with Gasteiger partial charge in [-0.05, 0) is 11.6 Å². The molecule has 24 heavy (non-hydrogen) atoms. The summed E-state index contributed by atoms with van der Waals surface area (Å²) < 4.78 is 0. The van der Waals surface area contributed by atoms with Crippen LogP contribution < -0.4 is 15.7 Å². The third-order valence-electron chi connectivity index (χ3n) is 3.49. The maximum Gasteiger partial charge on any atom is 2.00 e. The first-order valence-electron chi connectivity index (χ1n) is 7.33. The molecule has 2 rings (SSSR count). The second kappa shape index (κ2) is 9.66. The van der Waals surface area contributed by atoms with E-state index in [2.05, 4.69) is 15.6 Å². The van der Waals surface area contributed by atoms with E-state index in [1.165, 1.54) is 0 Å². The van der Waals surface area contributed by atoms with Crippen molar-refractivity contribution in [2.75, 3.05) is 6.54 Å². The van der Waals surface area contributed by atoms with Gasteiger partial charge in [0.05, 0.1) is 18.6 Å². The second-order valence-corrected chi connectivity index (χ2v) is 5.13. The van der Waals surface area contributed by atoms with Crippen LogP contribution in [0, 0.1) is 0 Å². The normalized spacial score (nSPS) is 11.4.